The fraction of sp³-hybridized carbons (Fsp3) is 0.300. The minimum atomic E-state index is -0.452. The first-order valence-electron chi connectivity index (χ1n) is 8.42. The Morgan fingerprint density at radius 3 is 2.62 bits per heavy atom. The third kappa shape index (κ3) is 4.25. The number of amides is 1. The molecule has 0 fully saturated rings. The first-order valence-corrected chi connectivity index (χ1v) is 8.42. The molecule has 0 aliphatic carbocycles. The van der Waals surface area contributed by atoms with Crippen LogP contribution in [0.3, 0.4) is 0 Å². The van der Waals surface area contributed by atoms with Crippen LogP contribution in [0.2, 0.25) is 0 Å². The lowest BCUT2D eigenvalue weighted by Gasteiger charge is -2.13. The molecule has 1 aliphatic heterocycles. The predicted molar refractivity (Wildman–Crippen MR) is 99.7 cm³/mol. The van der Waals surface area contributed by atoms with Crippen LogP contribution < -0.4 is 10.1 Å². The molecule has 1 aromatic heterocycles. The summed E-state index contributed by atoms with van der Waals surface area (Å²) in [6, 6.07) is 9.51. The van der Waals surface area contributed by atoms with Gasteiger partial charge in [0.25, 0.3) is 0 Å². The zero-order valence-corrected chi connectivity index (χ0v) is 14.6. The van der Waals surface area contributed by atoms with Gasteiger partial charge in [0.2, 0.25) is 5.91 Å². The molecule has 26 heavy (non-hydrogen) atoms. The molecule has 0 saturated carbocycles. The van der Waals surface area contributed by atoms with Crippen LogP contribution in [0.4, 0.5) is 5.69 Å². The number of terminal acetylenes is 1. The fourth-order valence-electron chi connectivity index (χ4n) is 2.72. The van der Waals surface area contributed by atoms with Crippen LogP contribution in [-0.2, 0) is 4.79 Å². The van der Waals surface area contributed by atoms with E-state index in [0.717, 1.165) is 11.1 Å². The molecular formula is C20H20N4O2. The molecule has 3 rings (SSSR count). The predicted octanol–water partition coefficient (Wildman–Crippen LogP) is 4.05. The second kappa shape index (κ2) is 7.79. The highest BCUT2D eigenvalue weighted by atomic mass is 16.5. The van der Waals surface area contributed by atoms with Gasteiger partial charge in [-0.1, -0.05) is 6.07 Å². The van der Waals surface area contributed by atoms with Crippen molar-refractivity contribution in [1.29, 1.82) is 0 Å². The zero-order valence-electron chi connectivity index (χ0n) is 14.6. The number of aromatic nitrogens is 1. The average molecular weight is 348 g/mol. The SMILES string of the molecule is C#CCCC1(CCC(=O)Nc2cc(-c3ccncc3)ccc2OC)N=N1. The van der Waals surface area contributed by atoms with Crippen LogP contribution in [0.15, 0.2) is 53.0 Å². The van der Waals surface area contributed by atoms with E-state index in [0.29, 0.717) is 37.1 Å². The van der Waals surface area contributed by atoms with E-state index in [1.807, 2.05) is 30.3 Å². The molecule has 132 valence electrons. The molecule has 6 nitrogen and oxygen atoms in total. The Hall–Kier alpha value is -3.20. The molecule has 1 aromatic carbocycles. The van der Waals surface area contributed by atoms with Gasteiger partial charge in [-0.05, 0) is 35.4 Å². The van der Waals surface area contributed by atoms with Crippen molar-refractivity contribution in [3.05, 3.63) is 42.7 Å². The summed E-state index contributed by atoms with van der Waals surface area (Å²) in [5.74, 6) is 3.09. The number of nitrogens with one attached hydrogen (secondary N) is 1. The third-order valence-corrected chi connectivity index (χ3v) is 4.29. The number of nitrogens with zero attached hydrogens (tertiary/aromatic N) is 3. The summed E-state index contributed by atoms with van der Waals surface area (Å²) in [7, 11) is 1.58. The summed E-state index contributed by atoms with van der Waals surface area (Å²) >= 11 is 0. The highest BCUT2D eigenvalue weighted by Crippen LogP contribution is 2.38. The molecule has 2 aromatic rings. The van der Waals surface area contributed by atoms with E-state index < -0.39 is 5.66 Å². The smallest absolute Gasteiger partial charge is 0.224 e. The van der Waals surface area contributed by atoms with Gasteiger partial charge in [0.15, 0.2) is 5.66 Å². The molecule has 0 bridgehead atoms. The van der Waals surface area contributed by atoms with E-state index in [9.17, 15) is 4.79 Å². The van der Waals surface area contributed by atoms with Crippen molar-refractivity contribution in [2.24, 2.45) is 10.2 Å². The number of pyridine rings is 1. The van der Waals surface area contributed by atoms with Crippen molar-refractivity contribution in [1.82, 2.24) is 4.98 Å². The Morgan fingerprint density at radius 2 is 1.96 bits per heavy atom. The highest BCUT2D eigenvalue weighted by molar-refractivity contribution is 5.93. The number of rotatable bonds is 8. The van der Waals surface area contributed by atoms with Crippen LogP contribution in [0.5, 0.6) is 5.75 Å². The van der Waals surface area contributed by atoms with Gasteiger partial charge in [0.1, 0.15) is 5.75 Å². The minimum absolute atomic E-state index is 0.104. The van der Waals surface area contributed by atoms with Crippen molar-refractivity contribution in [2.45, 2.75) is 31.3 Å². The summed E-state index contributed by atoms with van der Waals surface area (Å²) < 4.78 is 5.36. The van der Waals surface area contributed by atoms with E-state index in [2.05, 4.69) is 26.4 Å². The standard InChI is InChI=1S/C20H20N4O2/c1-3-4-10-20(23-24-20)11-7-19(25)22-17-14-16(5-6-18(17)26-2)15-8-12-21-13-9-15/h1,5-6,8-9,12-14H,4,7,10-11H2,2H3,(H,22,25). The molecule has 0 saturated heterocycles. The number of anilines is 1. The second-order valence-corrected chi connectivity index (χ2v) is 6.09. The minimum Gasteiger partial charge on any atom is -0.495 e. The lowest BCUT2D eigenvalue weighted by Crippen LogP contribution is -2.18. The summed E-state index contributed by atoms with van der Waals surface area (Å²) in [5.41, 5.74) is 2.17. The van der Waals surface area contributed by atoms with Gasteiger partial charge in [-0.25, -0.2) is 0 Å². The summed E-state index contributed by atoms with van der Waals surface area (Å²) in [5, 5.41) is 11.0. The Bertz CT molecular complexity index is 850. The van der Waals surface area contributed by atoms with E-state index in [1.54, 1.807) is 19.5 Å². The number of benzene rings is 1. The van der Waals surface area contributed by atoms with E-state index in [-0.39, 0.29) is 5.91 Å². The van der Waals surface area contributed by atoms with Gasteiger partial charge in [-0.15, -0.1) is 12.3 Å². The van der Waals surface area contributed by atoms with E-state index >= 15 is 0 Å². The number of ether oxygens (including phenoxy) is 1. The first-order chi connectivity index (χ1) is 12.7. The Labute approximate surface area is 152 Å². The van der Waals surface area contributed by atoms with Crippen LogP contribution in [0.1, 0.15) is 25.7 Å². The molecule has 0 atom stereocenters. The van der Waals surface area contributed by atoms with Crippen molar-refractivity contribution >= 4 is 11.6 Å². The average Bonchev–Trinajstić information content (AvgIpc) is 3.46. The molecular weight excluding hydrogens is 328 g/mol. The Balaban J connectivity index is 1.66. The molecule has 2 heterocycles. The highest BCUT2D eigenvalue weighted by Gasteiger charge is 2.39. The molecule has 1 amide bonds. The van der Waals surface area contributed by atoms with Gasteiger partial charge in [0, 0.05) is 38.1 Å². The van der Waals surface area contributed by atoms with Crippen LogP contribution in [0, 0.1) is 12.3 Å². The molecule has 1 N–H and O–H groups in total. The molecule has 0 radical (unpaired) electrons. The number of hydrogen-bond acceptors (Lipinski definition) is 5. The van der Waals surface area contributed by atoms with Crippen molar-refractivity contribution < 1.29 is 9.53 Å². The van der Waals surface area contributed by atoms with Crippen LogP contribution >= 0.6 is 0 Å². The summed E-state index contributed by atoms with van der Waals surface area (Å²) in [6.45, 7) is 0. The van der Waals surface area contributed by atoms with Crippen molar-refractivity contribution in [3.8, 4) is 29.2 Å². The fourth-order valence-corrected chi connectivity index (χ4v) is 2.72. The van der Waals surface area contributed by atoms with E-state index in [4.69, 9.17) is 11.2 Å². The Morgan fingerprint density at radius 1 is 1.19 bits per heavy atom. The maximum atomic E-state index is 12.4. The molecule has 0 spiro atoms. The summed E-state index contributed by atoms with van der Waals surface area (Å²) in [4.78, 5) is 16.4. The number of methoxy groups -OCH3 is 1. The van der Waals surface area contributed by atoms with E-state index in [1.165, 1.54) is 0 Å². The largest absolute Gasteiger partial charge is 0.495 e. The summed E-state index contributed by atoms with van der Waals surface area (Å²) in [6.07, 6.45) is 10.9. The first kappa shape index (κ1) is 17.6. The third-order valence-electron chi connectivity index (χ3n) is 4.29. The van der Waals surface area contributed by atoms with Gasteiger partial charge in [0.05, 0.1) is 12.8 Å². The quantitative estimate of drug-likeness (QED) is 0.731. The normalized spacial score (nSPS) is 13.7. The lowest BCUT2D eigenvalue weighted by molar-refractivity contribution is -0.116. The van der Waals surface area contributed by atoms with Crippen LogP contribution in [0.25, 0.3) is 11.1 Å². The number of hydrogen-bond donors (Lipinski definition) is 1. The number of carbonyl (C=O) groups is 1. The van der Waals surface area contributed by atoms with Crippen molar-refractivity contribution in [2.75, 3.05) is 12.4 Å². The van der Waals surface area contributed by atoms with Gasteiger partial charge in [-0.3, -0.25) is 9.78 Å². The van der Waals surface area contributed by atoms with Gasteiger partial charge >= 0.3 is 0 Å². The Kier molecular flexibility index (Phi) is 5.28. The molecule has 1 aliphatic rings. The van der Waals surface area contributed by atoms with Crippen molar-refractivity contribution in [3.63, 3.8) is 0 Å². The van der Waals surface area contributed by atoms with Crippen LogP contribution in [-0.4, -0.2) is 23.7 Å². The monoisotopic (exact) mass is 348 g/mol. The topological polar surface area (TPSA) is 75.9 Å². The maximum absolute atomic E-state index is 12.4. The lowest BCUT2D eigenvalue weighted by atomic mass is 10.0. The second-order valence-electron chi connectivity index (χ2n) is 6.09. The zero-order chi connectivity index (χ0) is 18.4. The molecule has 0 unspecified atom stereocenters. The van der Waals surface area contributed by atoms with Gasteiger partial charge < -0.3 is 10.1 Å². The van der Waals surface area contributed by atoms with Gasteiger partial charge in [-0.2, -0.15) is 10.2 Å². The maximum Gasteiger partial charge on any atom is 0.224 e. The number of carbonyl (C=O) groups excluding carboxylic acids is 1. The molecule has 6 heteroatoms.